The number of rotatable bonds is 17. The van der Waals surface area contributed by atoms with E-state index >= 15 is 0 Å². The molecule has 1 unspecified atom stereocenters. The summed E-state index contributed by atoms with van der Waals surface area (Å²) in [5.41, 5.74) is 0. The second kappa shape index (κ2) is 13.7. The van der Waals surface area contributed by atoms with Crippen LogP contribution in [0.25, 0.3) is 0 Å². The van der Waals surface area contributed by atoms with Crippen molar-refractivity contribution in [2.75, 3.05) is 0 Å². The van der Waals surface area contributed by atoms with Gasteiger partial charge in [0.15, 0.2) is 0 Å². The minimum atomic E-state index is -5.07. The van der Waals surface area contributed by atoms with Gasteiger partial charge in [0.05, 0.1) is 6.42 Å². The molecule has 3 N–H and O–H groups in total. The van der Waals surface area contributed by atoms with Gasteiger partial charge in [-0.15, -0.1) is 0 Å². The highest BCUT2D eigenvalue weighted by atomic mass is 32.2. The summed E-state index contributed by atoms with van der Waals surface area (Å²) in [6, 6.07) is 0. The molecule has 164 valence electrons. The summed E-state index contributed by atoms with van der Waals surface area (Å²) in [6.45, 7) is 4.48. The first-order valence-electron chi connectivity index (χ1n) is 10.1. The van der Waals surface area contributed by atoms with Crippen molar-refractivity contribution in [1.82, 2.24) is 0 Å². The van der Waals surface area contributed by atoms with Crippen LogP contribution in [0.3, 0.4) is 0 Å². The number of allylic oxidation sites excluding steroid dienone is 2. The van der Waals surface area contributed by atoms with Crippen molar-refractivity contribution in [1.29, 1.82) is 0 Å². The first kappa shape index (κ1) is 26.6. The minimum Gasteiger partial charge on any atom is -0.481 e. The Morgan fingerprint density at radius 3 is 1.82 bits per heavy atom. The van der Waals surface area contributed by atoms with Crippen molar-refractivity contribution >= 4 is 22.1 Å². The molecule has 0 heterocycles. The van der Waals surface area contributed by atoms with Crippen molar-refractivity contribution < 1.29 is 32.8 Å². The number of carbonyl (C=O) groups is 2. The Morgan fingerprint density at radius 1 is 0.893 bits per heavy atom. The predicted octanol–water partition coefficient (Wildman–Crippen LogP) is 4.68. The van der Waals surface area contributed by atoms with Gasteiger partial charge in [-0.2, -0.15) is 8.42 Å². The van der Waals surface area contributed by atoms with Gasteiger partial charge in [0, 0.05) is 0 Å². The van der Waals surface area contributed by atoms with Gasteiger partial charge >= 0.3 is 11.9 Å². The number of hydrogen-bond donors (Lipinski definition) is 3. The van der Waals surface area contributed by atoms with E-state index in [1.807, 2.05) is 0 Å². The molecule has 0 spiro atoms. The van der Waals surface area contributed by atoms with Crippen LogP contribution in [-0.2, 0) is 19.7 Å². The van der Waals surface area contributed by atoms with E-state index in [0.29, 0.717) is 6.42 Å². The normalized spacial score (nSPS) is 14.4. The molecule has 0 aliphatic heterocycles. The highest BCUT2D eigenvalue weighted by molar-refractivity contribution is 7.88. The van der Waals surface area contributed by atoms with Crippen molar-refractivity contribution in [2.24, 2.45) is 5.92 Å². The van der Waals surface area contributed by atoms with Crippen LogP contribution in [0.1, 0.15) is 90.9 Å². The van der Waals surface area contributed by atoms with Crippen LogP contribution in [0.4, 0.5) is 0 Å². The second-order valence-electron chi connectivity index (χ2n) is 7.82. The highest BCUT2D eigenvalue weighted by Gasteiger charge is 2.51. The maximum atomic E-state index is 11.5. The molecular weight excluding hydrogens is 384 g/mol. The Bertz CT molecular complexity index is 596. The molecule has 0 fully saturated rings. The fourth-order valence-corrected chi connectivity index (χ4v) is 3.89. The van der Waals surface area contributed by atoms with E-state index in [1.165, 1.54) is 44.6 Å². The zero-order valence-electron chi connectivity index (χ0n) is 17.1. The monoisotopic (exact) mass is 420 g/mol. The van der Waals surface area contributed by atoms with Gasteiger partial charge in [0.2, 0.25) is 4.75 Å². The molecule has 0 amide bonds. The Balaban J connectivity index is 4.12. The van der Waals surface area contributed by atoms with E-state index in [9.17, 15) is 27.7 Å². The lowest BCUT2D eigenvalue weighted by Gasteiger charge is -2.22. The Labute approximate surface area is 169 Å². The van der Waals surface area contributed by atoms with Gasteiger partial charge < -0.3 is 10.2 Å². The third-order valence-corrected chi connectivity index (χ3v) is 6.31. The van der Waals surface area contributed by atoms with Crippen LogP contribution in [-0.4, -0.2) is 39.9 Å². The molecule has 1 atom stereocenters. The number of aliphatic carboxylic acids is 2. The lowest BCUT2D eigenvalue weighted by molar-refractivity contribution is -0.146. The molecule has 0 aromatic heterocycles. The van der Waals surface area contributed by atoms with Gasteiger partial charge in [-0.05, 0) is 25.2 Å². The van der Waals surface area contributed by atoms with Crippen molar-refractivity contribution in [2.45, 2.75) is 95.6 Å². The summed E-state index contributed by atoms with van der Waals surface area (Å²) < 4.78 is 29.4. The topological polar surface area (TPSA) is 129 Å². The van der Waals surface area contributed by atoms with Crippen LogP contribution in [0.5, 0.6) is 0 Å². The molecule has 0 bridgehead atoms. The van der Waals surface area contributed by atoms with Crippen LogP contribution in [0.2, 0.25) is 0 Å². The molecule has 0 aliphatic rings. The molecule has 0 aromatic rings. The van der Waals surface area contributed by atoms with Crippen LogP contribution < -0.4 is 0 Å². The summed E-state index contributed by atoms with van der Waals surface area (Å²) >= 11 is 0. The Morgan fingerprint density at radius 2 is 1.39 bits per heavy atom. The summed E-state index contributed by atoms with van der Waals surface area (Å²) in [4.78, 5) is 22.2. The molecule has 0 aromatic carbocycles. The molecule has 7 nitrogen and oxygen atoms in total. The van der Waals surface area contributed by atoms with Crippen molar-refractivity contribution in [3.8, 4) is 0 Å². The standard InChI is InChI=1S/C20H36O7S/c1-17(2)14-12-10-8-6-4-3-5-7-9-11-13-15-20(19(23)24,16-18(21)22)28(25,26)27/h11,13,17H,3-10,12,14-16H2,1-2H3,(H,21,22)(H,23,24)(H,25,26,27). The average Bonchev–Trinajstić information content (AvgIpc) is 2.55. The van der Waals surface area contributed by atoms with Crippen LogP contribution >= 0.6 is 0 Å². The summed E-state index contributed by atoms with van der Waals surface area (Å²) in [5, 5.41) is 18.0. The first-order chi connectivity index (χ1) is 13.0. The third kappa shape index (κ3) is 10.8. The number of unbranched alkanes of at least 4 members (excludes halogenated alkanes) is 8. The lowest BCUT2D eigenvalue weighted by atomic mass is 9.99. The molecule has 8 heteroatoms. The summed E-state index contributed by atoms with van der Waals surface area (Å²) in [7, 11) is -5.07. The smallest absolute Gasteiger partial charge is 0.328 e. The third-order valence-electron chi connectivity index (χ3n) is 4.84. The van der Waals surface area contributed by atoms with Crippen LogP contribution in [0.15, 0.2) is 12.2 Å². The van der Waals surface area contributed by atoms with Gasteiger partial charge in [-0.3, -0.25) is 14.1 Å². The second-order valence-corrected chi connectivity index (χ2v) is 9.55. The highest BCUT2D eigenvalue weighted by Crippen LogP contribution is 2.27. The van der Waals surface area contributed by atoms with E-state index < -0.39 is 39.6 Å². The zero-order chi connectivity index (χ0) is 21.6. The van der Waals surface area contributed by atoms with Crippen LogP contribution in [0, 0.1) is 5.92 Å². The van der Waals surface area contributed by atoms with E-state index in [2.05, 4.69) is 13.8 Å². The predicted molar refractivity (Wildman–Crippen MR) is 109 cm³/mol. The summed E-state index contributed by atoms with van der Waals surface area (Å²) in [6.07, 6.45) is 12.5. The number of hydrogen-bond acceptors (Lipinski definition) is 4. The fraction of sp³-hybridized carbons (Fsp3) is 0.800. The molecule has 0 radical (unpaired) electrons. The summed E-state index contributed by atoms with van der Waals surface area (Å²) in [5.74, 6) is -2.69. The largest absolute Gasteiger partial charge is 0.481 e. The quantitative estimate of drug-likeness (QED) is 0.177. The number of carboxylic acids is 2. The van der Waals surface area contributed by atoms with E-state index in [1.54, 1.807) is 6.08 Å². The van der Waals surface area contributed by atoms with E-state index in [-0.39, 0.29) is 0 Å². The zero-order valence-corrected chi connectivity index (χ0v) is 17.9. The molecule has 0 saturated heterocycles. The first-order valence-corrected chi connectivity index (χ1v) is 11.5. The molecule has 0 rings (SSSR count). The molecular formula is C20H36O7S. The average molecular weight is 421 g/mol. The van der Waals surface area contributed by atoms with E-state index in [0.717, 1.165) is 25.2 Å². The van der Waals surface area contributed by atoms with Gasteiger partial charge in [-0.25, -0.2) is 0 Å². The SMILES string of the molecule is CC(C)CCCCCCCCCCC=CCC(CC(=O)O)(C(=O)O)S(=O)(=O)O. The maximum absolute atomic E-state index is 11.5. The fourth-order valence-electron chi connectivity index (χ4n) is 3.05. The minimum absolute atomic E-state index is 0.580. The van der Waals surface area contributed by atoms with Gasteiger partial charge in [-0.1, -0.05) is 77.4 Å². The van der Waals surface area contributed by atoms with Gasteiger partial charge in [0.1, 0.15) is 0 Å². The van der Waals surface area contributed by atoms with Gasteiger partial charge in [0.25, 0.3) is 10.1 Å². The number of carboxylic acid groups (broad SMARTS) is 2. The Kier molecular flexibility index (Phi) is 13.0. The lowest BCUT2D eigenvalue weighted by Crippen LogP contribution is -2.47. The molecule has 0 aliphatic carbocycles. The molecule has 0 saturated carbocycles. The molecule has 28 heavy (non-hydrogen) atoms. The Hall–Kier alpha value is -1.41. The van der Waals surface area contributed by atoms with E-state index in [4.69, 9.17) is 5.11 Å². The van der Waals surface area contributed by atoms with Crippen molar-refractivity contribution in [3.05, 3.63) is 12.2 Å². The maximum Gasteiger partial charge on any atom is 0.328 e. The van der Waals surface area contributed by atoms with Crippen molar-refractivity contribution in [3.63, 3.8) is 0 Å².